The second kappa shape index (κ2) is 10.9. The summed E-state index contributed by atoms with van der Waals surface area (Å²) in [5, 5.41) is 6.52. The van der Waals surface area contributed by atoms with Crippen LogP contribution in [0.3, 0.4) is 0 Å². The fraction of sp³-hybridized carbons (Fsp3) is 0.182. The summed E-state index contributed by atoms with van der Waals surface area (Å²) >= 11 is 0. The third-order valence-corrected chi connectivity index (χ3v) is 4.07. The monoisotopic (exact) mass is 445 g/mol. The number of hydrogen-bond acceptors (Lipinski definition) is 5. The van der Waals surface area contributed by atoms with Crippen LogP contribution in [-0.2, 0) is 4.79 Å². The van der Waals surface area contributed by atoms with Crippen molar-refractivity contribution in [3.05, 3.63) is 72.6 Å². The summed E-state index contributed by atoms with van der Waals surface area (Å²) in [6.07, 6.45) is 2.57. The van der Waals surface area contributed by atoms with Gasteiger partial charge in [0.2, 0.25) is 6.41 Å². The first-order chi connectivity index (χ1) is 15.2. The Kier molecular flexibility index (Phi) is 8.28. The maximum atomic E-state index is 12.4. The van der Waals surface area contributed by atoms with Gasteiger partial charge in [-0.15, -0.1) is 13.2 Å². The average molecular weight is 445 g/mol. The van der Waals surface area contributed by atoms with E-state index in [4.69, 9.17) is 0 Å². The van der Waals surface area contributed by atoms with Crippen LogP contribution in [0, 0.1) is 6.92 Å². The van der Waals surface area contributed by atoms with Crippen molar-refractivity contribution in [1.82, 2.24) is 19.9 Å². The number of alkyl halides is 3. The minimum Gasteiger partial charge on any atom is -0.405 e. The van der Waals surface area contributed by atoms with E-state index in [0.29, 0.717) is 23.6 Å². The number of aliphatic imine (C=N–C) groups is 1. The van der Waals surface area contributed by atoms with Crippen molar-refractivity contribution >= 4 is 17.9 Å². The highest BCUT2D eigenvalue weighted by Crippen LogP contribution is 2.32. The van der Waals surface area contributed by atoms with Gasteiger partial charge in [0, 0.05) is 24.4 Å². The Balaban J connectivity index is 0.000000282. The predicted molar refractivity (Wildman–Crippen MR) is 116 cm³/mol. The smallest absolute Gasteiger partial charge is 0.405 e. The minimum atomic E-state index is -4.74. The predicted octanol–water partition coefficient (Wildman–Crippen LogP) is 4.50. The molecule has 0 unspecified atom stereocenters. The molecule has 0 radical (unpaired) electrons. The van der Waals surface area contributed by atoms with E-state index in [2.05, 4.69) is 31.7 Å². The van der Waals surface area contributed by atoms with Crippen LogP contribution in [0.25, 0.3) is 16.9 Å². The molecular weight excluding hydrogens is 423 g/mol. The SMILES string of the molecule is C=C/C(C)=C\C(=NC)NC=O.Cc1cnn2ccc(-c3ccccc3OC(F)(F)F)nc12. The second-order valence-corrected chi connectivity index (χ2v) is 6.42. The number of hydrogen-bond donors (Lipinski definition) is 1. The lowest BCUT2D eigenvalue weighted by molar-refractivity contribution is -0.274. The topological polar surface area (TPSA) is 80.9 Å². The Labute approximate surface area is 183 Å². The molecule has 10 heteroatoms. The molecule has 2 heterocycles. The summed E-state index contributed by atoms with van der Waals surface area (Å²) in [6.45, 7) is 7.28. The van der Waals surface area contributed by atoms with Crippen LogP contribution in [0.5, 0.6) is 5.75 Å². The molecule has 0 fully saturated rings. The fourth-order valence-electron chi connectivity index (χ4n) is 2.53. The third-order valence-electron chi connectivity index (χ3n) is 4.07. The number of aryl methyl sites for hydroxylation is 1. The Morgan fingerprint density at radius 1 is 1.28 bits per heavy atom. The van der Waals surface area contributed by atoms with Gasteiger partial charge >= 0.3 is 6.36 Å². The van der Waals surface area contributed by atoms with Crippen LogP contribution in [0.4, 0.5) is 13.2 Å². The zero-order valence-electron chi connectivity index (χ0n) is 17.7. The van der Waals surface area contributed by atoms with Gasteiger partial charge in [0.25, 0.3) is 0 Å². The molecule has 0 spiro atoms. The standard InChI is InChI=1S/C14H10F3N3O.C8H12N2O/c1-9-8-18-20-7-6-11(19-13(9)20)10-4-2-3-5-12(10)21-14(15,16)17;1-4-7(2)5-8(9-3)10-6-11/h2-8H,1H3;4-6H,1H2,2-3H3,(H,9,10,11)/b;7-5-. The molecule has 0 bridgehead atoms. The number of ether oxygens (including phenoxy) is 1. The number of amidine groups is 1. The summed E-state index contributed by atoms with van der Waals surface area (Å²) in [4.78, 5) is 18.2. The summed E-state index contributed by atoms with van der Waals surface area (Å²) in [5.41, 5.74) is 3.06. The Morgan fingerprint density at radius 2 is 2.00 bits per heavy atom. The van der Waals surface area contributed by atoms with Crippen LogP contribution < -0.4 is 10.1 Å². The van der Waals surface area contributed by atoms with E-state index in [9.17, 15) is 18.0 Å². The van der Waals surface area contributed by atoms with Crippen molar-refractivity contribution in [3.63, 3.8) is 0 Å². The molecule has 3 aromatic rings. The normalized spacial score (nSPS) is 12.1. The molecular formula is C22H22F3N5O2. The molecule has 0 aliphatic rings. The number of nitrogens with zero attached hydrogens (tertiary/aromatic N) is 4. The molecule has 7 nitrogen and oxygen atoms in total. The summed E-state index contributed by atoms with van der Waals surface area (Å²) < 4.78 is 43.0. The van der Waals surface area contributed by atoms with Gasteiger partial charge in [-0.3, -0.25) is 9.79 Å². The maximum Gasteiger partial charge on any atom is 0.573 e. The van der Waals surface area contributed by atoms with E-state index in [1.54, 1.807) is 48.2 Å². The van der Waals surface area contributed by atoms with E-state index >= 15 is 0 Å². The molecule has 0 saturated heterocycles. The third kappa shape index (κ3) is 6.79. The van der Waals surface area contributed by atoms with Crippen molar-refractivity contribution in [1.29, 1.82) is 0 Å². The highest BCUT2D eigenvalue weighted by atomic mass is 19.4. The van der Waals surface area contributed by atoms with Crippen molar-refractivity contribution in [2.45, 2.75) is 20.2 Å². The van der Waals surface area contributed by atoms with E-state index in [-0.39, 0.29) is 11.3 Å². The number of carbonyl (C=O) groups is 1. The largest absolute Gasteiger partial charge is 0.573 e. The molecule has 2 aromatic heterocycles. The van der Waals surface area contributed by atoms with Crippen LogP contribution in [0.1, 0.15) is 12.5 Å². The second-order valence-electron chi connectivity index (χ2n) is 6.42. The highest BCUT2D eigenvalue weighted by molar-refractivity contribution is 5.99. The molecule has 0 atom stereocenters. The molecule has 1 N–H and O–H groups in total. The molecule has 0 aliphatic heterocycles. The number of fused-ring (bicyclic) bond motifs is 1. The van der Waals surface area contributed by atoms with Gasteiger partial charge in [-0.05, 0) is 43.7 Å². The first-order valence-corrected chi connectivity index (χ1v) is 9.32. The summed E-state index contributed by atoms with van der Waals surface area (Å²) in [7, 11) is 1.61. The number of aromatic nitrogens is 3. The molecule has 1 aromatic carbocycles. The molecule has 32 heavy (non-hydrogen) atoms. The minimum absolute atomic E-state index is 0.276. The summed E-state index contributed by atoms with van der Waals surface area (Å²) in [6, 6.07) is 7.50. The number of allylic oxidation sites excluding steroid dienone is 2. The van der Waals surface area contributed by atoms with Crippen LogP contribution in [0.2, 0.25) is 0 Å². The van der Waals surface area contributed by atoms with Gasteiger partial charge in [0.15, 0.2) is 5.65 Å². The van der Waals surface area contributed by atoms with Crippen molar-refractivity contribution in [3.8, 4) is 17.0 Å². The van der Waals surface area contributed by atoms with E-state index in [0.717, 1.165) is 11.1 Å². The first kappa shape index (κ1) is 24.3. The Hall–Kier alpha value is -3.95. The number of nitrogens with one attached hydrogen (secondary N) is 1. The van der Waals surface area contributed by atoms with Crippen LogP contribution in [-0.4, -0.2) is 40.3 Å². The van der Waals surface area contributed by atoms with Crippen molar-refractivity contribution in [2.24, 2.45) is 4.99 Å². The zero-order chi connectivity index (χ0) is 23.7. The molecule has 0 aliphatic carbocycles. The lowest BCUT2D eigenvalue weighted by atomic mass is 10.1. The van der Waals surface area contributed by atoms with Crippen molar-refractivity contribution < 1.29 is 22.7 Å². The summed E-state index contributed by atoms with van der Waals surface area (Å²) in [5.74, 6) is 0.261. The number of carbonyl (C=O) groups excluding carboxylic acids is 1. The van der Waals surface area contributed by atoms with Gasteiger partial charge in [0.1, 0.15) is 11.6 Å². The average Bonchev–Trinajstić information content (AvgIpc) is 3.13. The number of amides is 1. The van der Waals surface area contributed by atoms with Gasteiger partial charge in [-0.25, -0.2) is 9.50 Å². The molecule has 1 amide bonds. The van der Waals surface area contributed by atoms with Crippen LogP contribution >= 0.6 is 0 Å². The van der Waals surface area contributed by atoms with Gasteiger partial charge in [-0.2, -0.15) is 5.10 Å². The van der Waals surface area contributed by atoms with Crippen LogP contribution in [0.15, 0.2) is 72.0 Å². The lowest BCUT2D eigenvalue weighted by Crippen LogP contribution is -2.19. The maximum absolute atomic E-state index is 12.4. The molecule has 168 valence electrons. The van der Waals surface area contributed by atoms with Crippen molar-refractivity contribution in [2.75, 3.05) is 7.05 Å². The van der Waals surface area contributed by atoms with Gasteiger partial charge in [0.05, 0.1) is 11.9 Å². The Morgan fingerprint density at radius 3 is 2.62 bits per heavy atom. The van der Waals surface area contributed by atoms with E-state index in [1.165, 1.54) is 18.2 Å². The van der Waals surface area contributed by atoms with E-state index in [1.807, 2.05) is 13.8 Å². The number of benzene rings is 1. The quantitative estimate of drug-likeness (QED) is 0.271. The number of rotatable bonds is 5. The number of para-hydroxylation sites is 1. The number of halogens is 3. The Bertz CT molecular complexity index is 1150. The highest BCUT2D eigenvalue weighted by Gasteiger charge is 2.32. The fourth-order valence-corrected chi connectivity index (χ4v) is 2.53. The molecule has 3 rings (SSSR count). The molecule has 0 saturated carbocycles. The van der Waals surface area contributed by atoms with E-state index < -0.39 is 6.36 Å². The first-order valence-electron chi connectivity index (χ1n) is 9.32. The zero-order valence-corrected chi connectivity index (χ0v) is 17.7. The van der Waals surface area contributed by atoms with Gasteiger partial charge < -0.3 is 10.1 Å². The lowest BCUT2D eigenvalue weighted by Gasteiger charge is -2.12. The van der Waals surface area contributed by atoms with Gasteiger partial charge in [-0.1, -0.05) is 24.8 Å².